The number of amides is 2. The number of hydrogen-bond donors (Lipinski definition) is 2. The lowest BCUT2D eigenvalue weighted by Gasteiger charge is -2.27. The molecule has 2 aliphatic heterocycles. The zero-order valence-electron chi connectivity index (χ0n) is 12.3. The zero-order valence-corrected chi connectivity index (χ0v) is 12.3. The summed E-state index contributed by atoms with van der Waals surface area (Å²) in [7, 11) is 1.76. The molecular formula is C16H22N2O3. The molecule has 1 fully saturated rings. The van der Waals surface area contributed by atoms with Crippen LogP contribution in [0, 0.1) is 0 Å². The number of nitrogens with zero attached hydrogens (tertiary/aromatic N) is 1. The highest BCUT2D eigenvalue weighted by atomic mass is 16.5. The summed E-state index contributed by atoms with van der Waals surface area (Å²) < 4.78 is 5.59. The van der Waals surface area contributed by atoms with Crippen LogP contribution < -0.4 is 5.32 Å². The van der Waals surface area contributed by atoms with E-state index in [2.05, 4.69) is 5.32 Å². The van der Waals surface area contributed by atoms with Crippen molar-refractivity contribution in [3.05, 3.63) is 29.3 Å². The van der Waals surface area contributed by atoms with Crippen LogP contribution in [0.5, 0.6) is 0 Å². The molecule has 5 nitrogen and oxygen atoms in total. The molecule has 2 heterocycles. The largest absolute Gasteiger partial charge is 0.388 e. The topological polar surface area (TPSA) is 61.8 Å². The van der Waals surface area contributed by atoms with Gasteiger partial charge in [0.2, 0.25) is 0 Å². The molecular weight excluding hydrogens is 268 g/mol. The summed E-state index contributed by atoms with van der Waals surface area (Å²) in [6.07, 6.45) is 3.69. The van der Waals surface area contributed by atoms with Crippen LogP contribution in [-0.2, 0) is 11.3 Å². The normalized spacial score (nSPS) is 22.9. The minimum Gasteiger partial charge on any atom is -0.388 e. The van der Waals surface area contributed by atoms with Gasteiger partial charge in [-0.05, 0) is 48.9 Å². The lowest BCUT2D eigenvalue weighted by molar-refractivity contribution is 0.0812. The van der Waals surface area contributed by atoms with E-state index in [1.807, 2.05) is 18.2 Å². The van der Waals surface area contributed by atoms with Crippen LogP contribution in [0.2, 0.25) is 0 Å². The molecule has 0 aliphatic carbocycles. The van der Waals surface area contributed by atoms with Gasteiger partial charge >= 0.3 is 6.03 Å². The number of anilines is 1. The van der Waals surface area contributed by atoms with Crippen molar-refractivity contribution in [2.75, 3.05) is 19.0 Å². The second-order valence-corrected chi connectivity index (χ2v) is 5.93. The number of urea groups is 1. The van der Waals surface area contributed by atoms with Crippen molar-refractivity contribution in [1.29, 1.82) is 0 Å². The standard InChI is InChI=1S/C16H22N2O3/c1-18-10-12-9-11(4-6-14(12)17-16(18)20)15(19)7-5-13-3-2-8-21-13/h4,6,9,13,15,19H,2-3,5,7-8,10H2,1H3,(H,17,20). The highest BCUT2D eigenvalue weighted by molar-refractivity contribution is 5.92. The third kappa shape index (κ3) is 3.19. The first-order valence-electron chi connectivity index (χ1n) is 7.58. The molecule has 3 rings (SSSR count). The van der Waals surface area contributed by atoms with Crippen molar-refractivity contribution in [2.45, 2.75) is 44.4 Å². The van der Waals surface area contributed by atoms with Crippen LogP contribution in [0.1, 0.15) is 42.9 Å². The molecule has 21 heavy (non-hydrogen) atoms. The molecule has 1 aromatic carbocycles. The first-order valence-corrected chi connectivity index (χ1v) is 7.58. The van der Waals surface area contributed by atoms with Crippen LogP contribution in [0.25, 0.3) is 0 Å². The Hall–Kier alpha value is -1.59. The van der Waals surface area contributed by atoms with Gasteiger partial charge in [0.25, 0.3) is 0 Å². The molecule has 0 saturated carbocycles. The number of rotatable bonds is 4. The van der Waals surface area contributed by atoms with Crippen LogP contribution in [-0.4, -0.2) is 35.8 Å². The predicted molar refractivity (Wildman–Crippen MR) is 80.1 cm³/mol. The van der Waals surface area contributed by atoms with Gasteiger partial charge in [-0.15, -0.1) is 0 Å². The molecule has 5 heteroatoms. The highest BCUT2D eigenvalue weighted by Crippen LogP contribution is 2.29. The average Bonchev–Trinajstić information content (AvgIpc) is 2.99. The molecule has 2 N–H and O–H groups in total. The number of ether oxygens (including phenoxy) is 1. The number of aliphatic hydroxyl groups excluding tert-OH is 1. The highest BCUT2D eigenvalue weighted by Gasteiger charge is 2.21. The molecule has 2 unspecified atom stereocenters. The Morgan fingerprint density at radius 2 is 2.38 bits per heavy atom. The van der Waals surface area contributed by atoms with Gasteiger partial charge in [0.05, 0.1) is 12.2 Å². The average molecular weight is 290 g/mol. The second kappa shape index (κ2) is 6.03. The Bertz CT molecular complexity index is 526. The molecule has 0 aromatic heterocycles. The molecule has 2 atom stereocenters. The van der Waals surface area contributed by atoms with Crippen LogP contribution >= 0.6 is 0 Å². The van der Waals surface area contributed by atoms with E-state index in [4.69, 9.17) is 4.74 Å². The van der Waals surface area contributed by atoms with Gasteiger partial charge in [-0.2, -0.15) is 0 Å². The van der Waals surface area contributed by atoms with Crippen molar-refractivity contribution < 1.29 is 14.6 Å². The van der Waals surface area contributed by atoms with E-state index in [0.29, 0.717) is 19.1 Å². The minimum absolute atomic E-state index is 0.0887. The molecule has 2 amide bonds. The molecule has 0 radical (unpaired) electrons. The summed E-state index contributed by atoms with van der Waals surface area (Å²) in [6, 6.07) is 5.68. The van der Waals surface area contributed by atoms with E-state index in [-0.39, 0.29) is 6.03 Å². The van der Waals surface area contributed by atoms with Crippen molar-refractivity contribution in [2.24, 2.45) is 0 Å². The fourth-order valence-electron chi connectivity index (χ4n) is 2.99. The summed E-state index contributed by atoms with van der Waals surface area (Å²) in [4.78, 5) is 13.2. The molecule has 114 valence electrons. The smallest absolute Gasteiger partial charge is 0.321 e. The first-order chi connectivity index (χ1) is 10.1. The number of benzene rings is 1. The minimum atomic E-state index is -0.470. The number of fused-ring (bicyclic) bond motifs is 1. The second-order valence-electron chi connectivity index (χ2n) is 5.93. The van der Waals surface area contributed by atoms with E-state index in [1.165, 1.54) is 0 Å². The summed E-state index contributed by atoms with van der Waals surface area (Å²) in [5.74, 6) is 0. The molecule has 0 spiro atoms. The quantitative estimate of drug-likeness (QED) is 0.896. The zero-order chi connectivity index (χ0) is 14.8. The maximum atomic E-state index is 11.6. The van der Waals surface area contributed by atoms with Gasteiger partial charge in [0, 0.05) is 25.9 Å². The summed E-state index contributed by atoms with van der Waals surface area (Å²) in [5, 5.41) is 13.2. The lowest BCUT2D eigenvalue weighted by atomic mass is 9.98. The number of carbonyl (C=O) groups is 1. The number of aliphatic hydroxyl groups is 1. The van der Waals surface area contributed by atoms with E-state index >= 15 is 0 Å². The van der Waals surface area contributed by atoms with Gasteiger partial charge in [-0.1, -0.05) is 6.07 Å². The van der Waals surface area contributed by atoms with E-state index in [9.17, 15) is 9.90 Å². The Morgan fingerprint density at radius 3 is 3.14 bits per heavy atom. The fraction of sp³-hybridized carbons (Fsp3) is 0.562. The van der Waals surface area contributed by atoms with Gasteiger partial charge in [-0.25, -0.2) is 4.79 Å². The Balaban J connectivity index is 1.65. The number of hydrogen-bond acceptors (Lipinski definition) is 3. The van der Waals surface area contributed by atoms with Gasteiger partial charge in [0.1, 0.15) is 0 Å². The van der Waals surface area contributed by atoms with Crippen LogP contribution in [0.3, 0.4) is 0 Å². The molecule has 2 aliphatic rings. The van der Waals surface area contributed by atoms with Gasteiger partial charge < -0.3 is 20.1 Å². The van der Waals surface area contributed by atoms with Gasteiger partial charge in [-0.3, -0.25) is 0 Å². The number of carbonyl (C=O) groups excluding carboxylic acids is 1. The predicted octanol–water partition coefficient (Wildman–Crippen LogP) is 2.66. The van der Waals surface area contributed by atoms with Gasteiger partial charge in [0.15, 0.2) is 0 Å². The summed E-state index contributed by atoms with van der Waals surface area (Å²) in [6.45, 7) is 1.43. The molecule has 1 saturated heterocycles. The van der Waals surface area contributed by atoms with Crippen LogP contribution in [0.15, 0.2) is 18.2 Å². The third-order valence-corrected chi connectivity index (χ3v) is 4.30. The fourth-order valence-corrected chi connectivity index (χ4v) is 2.99. The van der Waals surface area contributed by atoms with E-state index in [1.54, 1.807) is 11.9 Å². The van der Waals surface area contributed by atoms with E-state index in [0.717, 1.165) is 42.7 Å². The Kier molecular flexibility index (Phi) is 4.12. The lowest BCUT2D eigenvalue weighted by Crippen LogP contribution is -2.35. The third-order valence-electron chi connectivity index (χ3n) is 4.30. The van der Waals surface area contributed by atoms with E-state index < -0.39 is 6.10 Å². The van der Waals surface area contributed by atoms with Crippen molar-refractivity contribution in [3.63, 3.8) is 0 Å². The summed E-state index contributed by atoms with van der Waals surface area (Å²) >= 11 is 0. The Morgan fingerprint density at radius 1 is 1.52 bits per heavy atom. The van der Waals surface area contributed by atoms with Crippen molar-refractivity contribution in [3.8, 4) is 0 Å². The van der Waals surface area contributed by atoms with Crippen molar-refractivity contribution in [1.82, 2.24) is 4.90 Å². The first kappa shape index (κ1) is 14.4. The maximum Gasteiger partial charge on any atom is 0.321 e. The molecule has 1 aromatic rings. The summed E-state index contributed by atoms with van der Waals surface area (Å²) in [5.41, 5.74) is 2.80. The number of nitrogens with one attached hydrogen (secondary N) is 1. The monoisotopic (exact) mass is 290 g/mol. The molecule has 0 bridgehead atoms. The maximum absolute atomic E-state index is 11.6. The van der Waals surface area contributed by atoms with Crippen molar-refractivity contribution >= 4 is 11.7 Å². The Labute approximate surface area is 124 Å². The SMILES string of the molecule is CN1Cc2cc(C(O)CCC3CCCO3)ccc2NC1=O. The van der Waals surface area contributed by atoms with Crippen LogP contribution in [0.4, 0.5) is 10.5 Å².